The second-order valence-electron chi connectivity index (χ2n) is 9.18. The summed E-state index contributed by atoms with van der Waals surface area (Å²) in [5.74, 6) is 0.508. The lowest BCUT2D eigenvalue weighted by atomic mass is 9.89. The number of carbonyl (C=O) groups is 1. The van der Waals surface area contributed by atoms with Crippen LogP contribution in [-0.2, 0) is 32.1 Å². The molecule has 0 amide bonds. The molecule has 0 saturated heterocycles. The highest BCUT2D eigenvalue weighted by atomic mass is 16.7. The lowest BCUT2D eigenvalue weighted by Gasteiger charge is -2.29. The van der Waals surface area contributed by atoms with Crippen LogP contribution in [0.15, 0.2) is 36.4 Å². The maximum atomic E-state index is 12.9. The maximum absolute atomic E-state index is 12.9. The fraction of sp³-hybridized carbons (Fsp3) is 0.519. The van der Waals surface area contributed by atoms with E-state index in [9.17, 15) is 4.79 Å². The van der Waals surface area contributed by atoms with Gasteiger partial charge in [-0.25, -0.2) is 4.79 Å². The molecule has 33 heavy (non-hydrogen) atoms. The molecule has 0 fully saturated rings. The van der Waals surface area contributed by atoms with Crippen LogP contribution in [0, 0.1) is 0 Å². The van der Waals surface area contributed by atoms with Crippen LogP contribution in [0.1, 0.15) is 63.8 Å². The number of aryl methyl sites for hydroxylation is 1. The Labute approximate surface area is 197 Å². The molecule has 1 unspecified atom stereocenters. The van der Waals surface area contributed by atoms with Gasteiger partial charge in [0.15, 0.2) is 6.10 Å². The predicted molar refractivity (Wildman–Crippen MR) is 129 cm³/mol. The van der Waals surface area contributed by atoms with Crippen LogP contribution >= 0.6 is 0 Å². The molecule has 0 aromatic heterocycles. The van der Waals surface area contributed by atoms with Crippen molar-refractivity contribution in [3.8, 4) is 16.9 Å². The second-order valence-corrected chi connectivity index (χ2v) is 9.18. The summed E-state index contributed by atoms with van der Waals surface area (Å²) < 4.78 is 17.2. The van der Waals surface area contributed by atoms with Crippen molar-refractivity contribution in [2.24, 2.45) is 0 Å². The van der Waals surface area contributed by atoms with Crippen molar-refractivity contribution >= 4 is 5.97 Å². The minimum atomic E-state index is -0.856. The zero-order chi connectivity index (χ0) is 24.0. The Morgan fingerprint density at radius 2 is 1.91 bits per heavy atom. The van der Waals surface area contributed by atoms with Gasteiger partial charge in [-0.2, -0.15) is 5.06 Å². The first-order valence-electron chi connectivity index (χ1n) is 11.8. The lowest BCUT2D eigenvalue weighted by Crippen LogP contribution is -2.29. The van der Waals surface area contributed by atoms with Crippen LogP contribution in [0.3, 0.4) is 0 Å². The number of rotatable bonds is 9. The highest BCUT2D eigenvalue weighted by Gasteiger charge is 2.31. The van der Waals surface area contributed by atoms with Crippen molar-refractivity contribution in [3.05, 3.63) is 53.1 Å². The number of fused-ring (bicyclic) bond motifs is 1. The molecular formula is C27H37NO5. The zero-order valence-electron chi connectivity index (χ0n) is 20.8. The molecule has 6 heteroatoms. The number of hydrogen-bond donors (Lipinski definition) is 0. The van der Waals surface area contributed by atoms with Crippen molar-refractivity contribution < 1.29 is 23.8 Å². The number of carbonyl (C=O) groups excluding carboxylic acids is 1. The predicted octanol–water partition coefficient (Wildman–Crippen LogP) is 5.48. The van der Waals surface area contributed by atoms with Gasteiger partial charge in [-0.1, -0.05) is 38.1 Å². The van der Waals surface area contributed by atoms with Gasteiger partial charge >= 0.3 is 5.97 Å². The SMILES string of the molecule is CCN(CC)OCc1cccc(C(OC(C)(C)C)C(=O)OC)c1-c1ccc2c(c1)CCCO2. The summed E-state index contributed by atoms with van der Waals surface area (Å²) in [7, 11) is 1.39. The van der Waals surface area contributed by atoms with Gasteiger partial charge in [0.2, 0.25) is 0 Å². The molecule has 0 aliphatic carbocycles. The number of methoxy groups -OCH3 is 1. The van der Waals surface area contributed by atoms with Gasteiger partial charge in [-0.05, 0) is 68.0 Å². The average Bonchev–Trinajstić information content (AvgIpc) is 2.81. The molecule has 0 radical (unpaired) electrons. The van der Waals surface area contributed by atoms with E-state index in [0.717, 1.165) is 60.5 Å². The molecule has 0 N–H and O–H groups in total. The maximum Gasteiger partial charge on any atom is 0.339 e. The molecule has 1 aliphatic heterocycles. The first-order valence-corrected chi connectivity index (χ1v) is 11.8. The van der Waals surface area contributed by atoms with Crippen LogP contribution in [0.5, 0.6) is 5.75 Å². The number of hydroxylamine groups is 2. The molecule has 0 spiro atoms. The first-order chi connectivity index (χ1) is 15.8. The van der Waals surface area contributed by atoms with Crippen molar-refractivity contribution in [1.82, 2.24) is 5.06 Å². The van der Waals surface area contributed by atoms with E-state index in [1.165, 1.54) is 12.7 Å². The van der Waals surface area contributed by atoms with E-state index in [-0.39, 0.29) is 0 Å². The summed E-state index contributed by atoms with van der Waals surface area (Å²) in [5, 5.41) is 1.92. The number of hydrogen-bond acceptors (Lipinski definition) is 6. The monoisotopic (exact) mass is 455 g/mol. The summed E-state index contributed by atoms with van der Waals surface area (Å²) in [6.07, 6.45) is 1.11. The normalized spacial score (nSPS) is 14.5. The van der Waals surface area contributed by atoms with Crippen molar-refractivity contribution in [2.45, 2.75) is 65.8 Å². The van der Waals surface area contributed by atoms with E-state index >= 15 is 0 Å². The standard InChI is InChI=1S/C27H37NO5/c1-7-28(8-2)32-18-21-11-9-13-22(25(26(29)30-6)33-27(3,4)5)24(21)20-14-15-23-19(17-20)12-10-16-31-23/h9,11,13-15,17,25H,7-8,10,12,16,18H2,1-6H3. The Hall–Kier alpha value is -2.41. The Morgan fingerprint density at radius 3 is 2.58 bits per heavy atom. The van der Waals surface area contributed by atoms with Crippen molar-refractivity contribution in [1.29, 1.82) is 0 Å². The third-order valence-corrected chi connectivity index (χ3v) is 5.66. The molecule has 3 rings (SSSR count). The molecule has 180 valence electrons. The molecule has 1 aliphatic rings. The minimum absolute atomic E-state index is 0.391. The van der Waals surface area contributed by atoms with Gasteiger partial charge in [0, 0.05) is 18.7 Å². The smallest absolute Gasteiger partial charge is 0.339 e. The molecule has 6 nitrogen and oxygen atoms in total. The Balaban J connectivity index is 2.14. The number of nitrogens with zero attached hydrogens (tertiary/aromatic N) is 1. The largest absolute Gasteiger partial charge is 0.493 e. The highest BCUT2D eigenvalue weighted by Crippen LogP contribution is 2.38. The van der Waals surface area contributed by atoms with Gasteiger partial charge in [0.1, 0.15) is 5.75 Å². The third kappa shape index (κ3) is 6.34. The molecule has 0 bridgehead atoms. The minimum Gasteiger partial charge on any atom is -0.493 e. The molecular weight excluding hydrogens is 418 g/mol. The Morgan fingerprint density at radius 1 is 1.15 bits per heavy atom. The van der Waals surface area contributed by atoms with E-state index in [0.29, 0.717) is 6.61 Å². The van der Waals surface area contributed by atoms with Gasteiger partial charge in [0.25, 0.3) is 0 Å². The van der Waals surface area contributed by atoms with Gasteiger partial charge in [-0.3, -0.25) is 4.84 Å². The zero-order valence-corrected chi connectivity index (χ0v) is 20.8. The molecule has 1 heterocycles. The quantitative estimate of drug-likeness (QED) is 0.369. The molecule has 2 aromatic rings. The average molecular weight is 456 g/mol. The lowest BCUT2D eigenvalue weighted by molar-refractivity contribution is -0.165. The van der Waals surface area contributed by atoms with Crippen molar-refractivity contribution in [3.63, 3.8) is 0 Å². The summed E-state index contributed by atoms with van der Waals surface area (Å²) in [4.78, 5) is 18.9. The van der Waals surface area contributed by atoms with Crippen LogP contribution in [0.4, 0.5) is 0 Å². The summed E-state index contributed by atoms with van der Waals surface area (Å²) >= 11 is 0. The number of benzene rings is 2. The number of esters is 1. The van der Waals surface area contributed by atoms with Gasteiger partial charge in [-0.15, -0.1) is 0 Å². The van der Waals surface area contributed by atoms with Crippen LogP contribution in [0.2, 0.25) is 0 Å². The Kier molecular flexibility index (Phi) is 8.51. The summed E-state index contributed by atoms with van der Waals surface area (Å²) in [6, 6.07) is 12.2. The van der Waals surface area contributed by atoms with Crippen LogP contribution < -0.4 is 4.74 Å². The number of ether oxygens (including phenoxy) is 3. The fourth-order valence-electron chi connectivity index (χ4n) is 4.09. The van der Waals surface area contributed by atoms with Crippen LogP contribution in [0.25, 0.3) is 11.1 Å². The van der Waals surface area contributed by atoms with Gasteiger partial charge < -0.3 is 14.2 Å². The summed E-state index contributed by atoms with van der Waals surface area (Å²) in [5.41, 5.74) is 4.36. The molecule has 0 saturated carbocycles. The highest BCUT2D eigenvalue weighted by molar-refractivity contribution is 5.83. The van der Waals surface area contributed by atoms with E-state index in [4.69, 9.17) is 19.0 Å². The molecule has 2 aromatic carbocycles. The van der Waals surface area contributed by atoms with Crippen LogP contribution in [-0.4, -0.2) is 43.4 Å². The topological polar surface area (TPSA) is 57.2 Å². The van der Waals surface area contributed by atoms with E-state index in [2.05, 4.69) is 26.0 Å². The first kappa shape index (κ1) is 25.2. The van der Waals surface area contributed by atoms with Crippen molar-refractivity contribution in [2.75, 3.05) is 26.8 Å². The van der Waals surface area contributed by atoms with E-state index < -0.39 is 17.7 Å². The summed E-state index contributed by atoms with van der Waals surface area (Å²) in [6.45, 7) is 12.7. The third-order valence-electron chi connectivity index (χ3n) is 5.66. The van der Waals surface area contributed by atoms with E-state index in [1.54, 1.807) is 0 Å². The molecule has 1 atom stereocenters. The van der Waals surface area contributed by atoms with Gasteiger partial charge in [0.05, 0.1) is 25.9 Å². The second kappa shape index (κ2) is 11.1. The fourth-order valence-corrected chi connectivity index (χ4v) is 4.09. The Bertz CT molecular complexity index is 946. The van der Waals surface area contributed by atoms with E-state index in [1.807, 2.05) is 50.1 Å².